The highest BCUT2D eigenvalue weighted by Gasteiger charge is 2.43. The van der Waals surface area contributed by atoms with Crippen LogP contribution in [0, 0.1) is 5.92 Å². The van der Waals surface area contributed by atoms with Crippen LogP contribution < -0.4 is 0 Å². The lowest BCUT2D eigenvalue weighted by Gasteiger charge is -2.29. The van der Waals surface area contributed by atoms with E-state index in [1.54, 1.807) is 0 Å². The Morgan fingerprint density at radius 3 is 2.60 bits per heavy atom. The molecule has 3 rings (SSSR count). The van der Waals surface area contributed by atoms with Gasteiger partial charge in [0.25, 0.3) is 0 Å². The number of rotatable bonds is 0. The van der Waals surface area contributed by atoms with Gasteiger partial charge in [-0.3, -0.25) is 0 Å². The zero-order valence-electron chi connectivity index (χ0n) is 9.27. The molecule has 0 fully saturated rings. The second-order valence-corrected chi connectivity index (χ2v) is 5.13. The first-order valence-electron chi connectivity index (χ1n) is 5.65. The van der Waals surface area contributed by atoms with E-state index in [4.69, 9.17) is 0 Å². The predicted molar refractivity (Wildman–Crippen MR) is 64.0 cm³/mol. The van der Waals surface area contributed by atoms with Crippen molar-refractivity contribution in [2.24, 2.45) is 5.92 Å². The Hall–Kier alpha value is -1.30. The maximum Gasteiger partial charge on any atom is 0.00953 e. The first-order valence-corrected chi connectivity index (χ1v) is 5.65. The molecule has 0 bridgehead atoms. The number of hydrogen-bond donors (Lipinski definition) is 0. The third-order valence-corrected chi connectivity index (χ3v) is 3.98. The zero-order chi connectivity index (χ0) is 10.5. The summed E-state index contributed by atoms with van der Waals surface area (Å²) in [4.78, 5) is 0. The van der Waals surface area contributed by atoms with Gasteiger partial charge in [0.15, 0.2) is 0 Å². The molecule has 2 atom stereocenters. The molecule has 0 radical (unpaired) electrons. The molecule has 0 saturated heterocycles. The summed E-state index contributed by atoms with van der Waals surface area (Å²) in [5, 5.41) is 0. The average molecular weight is 196 g/mol. The quantitative estimate of drug-likeness (QED) is 0.592. The van der Waals surface area contributed by atoms with E-state index in [0.717, 1.165) is 0 Å². The molecular formula is C15H16. The monoisotopic (exact) mass is 196 g/mol. The van der Waals surface area contributed by atoms with Gasteiger partial charge >= 0.3 is 0 Å². The number of benzene rings is 1. The van der Waals surface area contributed by atoms with Crippen LogP contribution in [-0.2, 0) is 5.41 Å². The van der Waals surface area contributed by atoms with Gasteiger partial charge in [0.2, 0.25) is 0 Å². The minimum absolute atomic E-state index is 0.280. The molecule has 0 nitrogen and oxygen atoms in total. The van der Waals surface area contributed by atoms with E-state index in [9.17, 15) is 0 Å². The van der Waals surface area contributed by atoms with Crippen molar-refractivity contribution in [3.8, 4) is 0 Å². The van der Waals surface area contributed by atoms with E-state index in [-0.39, 0.29) is 5.41 Å². The van der Waals surface area contributed by atoms with Gasteiger partial charge in [-0.05, 0) is 22.5 Å². The van der Waals surface area contributed by atoms with E-state index < -0.39 is 0 Å². The van der Waals surface area contributed by atoms with Crippen molar-refractivity contribution < 1.29 is 0 Å². The molecule has 15 heavy (non-hydrogen) atoms. The Morgan fingerprint density at radius 1 is 1.00 bits per heavy atom. The molecule has 2 unspecified atom stereocenters. The molecule has 0 amide bonds. The summed E-state index contributed by atoms with van der Waals surface area (Å²) in [5.74, 6) is 1.24. The molecule has 0 aromatic heterocycles. The van der Waals surface area contributed by atoms with Crippen molar-refractivity contribution in [3.05, 3.63) is 59.7 Å². The fourth-order valence-electron chi connectivity index (χ4n) is 3.15. The lowest BCUT2D eigenvalue weighted by atomic mass is 9.74. The van der Waals surface area contributed by atoms with E-state index >= 15 is 0 Å². The van der Waals surface area contributed by atoms with Crippen LogP contribution in [0.15, 0.2) is 48.6 Å². The molecule has 0 aliphatic heterocycles. The van der Waals surface area contributed by atoms with Gasteiger partial charge in [-0.15, -0.1) is 0 Å². The smallest absolute Gasteiger partial charge is 0.00953 e. The third kappa shape index (κ3) is 1.08. The molecule has 0 N–H and O–H groups in total. The largest absolute Gasteiger partial charge is 0.0796 e. The standard InChI is InChI=1S/C15H16/c1-15(2)13-9-5-3-7-11(13)12-8-4-6-10-14(12)15/h3-11,13H,1-2H3. The molecule has 2 aliphatic rings. The minimum Gasteiger partial charge on any atom is -0.0796 e. The first kappa shape index (κ1) is 8.96. The summed E-state index contributed by atoms with van der Waals surface area (Å²) in [7, 11) is 0. The lowest BCUT2D eigenvalue weighted by molar-refractivity contribution is 0.394. The van der Waals surface area contributed by atoms with Crippen molar-refractivity contribution in [1.29, 1.82) is 0 Å². The Morgan fingerprint density at radius 2 is 1.73 bits per heavy atom. The second kappa shape index (κ2) is 2.85. The van der Waals surface area contributed by atoms with Crippen LogP contribution in [0.1, 0.15) is 30.9 Å². The van der Waals surface area contributed by atoms with E-state index in [1.165, 1.54) is 11.1 Å². The SMILES string of the molecule is CC1(C)c2ccccc2C2C=CC=CC21. The van der Waals surface area contributed by atoms with Gasteiger partial charge in [-0.25, -0.2) is 0 Å². The van der Waals surface area contributed by atoms with E-state index in [0.29, 0.717) is 11.8 Å². The lowest BCUT2D eigenvalue weighted by Crippen LogP contribution is -2.24. The van der Waals surface area contributed by atoms with Gasteiger partial charge in [0.1, 0.15) is 0 Å². The van der Waals surface area contributed by atoms with Crippen molar-refractivity contribution in [2.45, 2.75) is 25.2 Å². The Balaban J connectivity index is 2.23. The Bertz CT molecular complexity index is 449. The molecule has 0 spiro atoms. The van der Waals surface area contributed by atoms with E-state index in [2.05, 4.69) is 62.4 Å². The molecule has 0 heteroatoms. The molecule has 0 heterocycles. The van der Waals surface area contributed by atoms with Crippen molar-refractivity contribution in [2.75, 3.05) is 0 Å². The minimum atomic E-state index is 0.280. The molecule has 2 aliphatic carbocycles. The summed E-state index contributed by atoms with van der Waals surface area (Å²) in [6.07, 6.45) is 9.08. The van der Waals surface area contributed by atoms with Crippen molar-refractivity contribution >= 4 is 0 Å². The van der Waals surface area contributed by atoms with Crippen LogP contribution in [-0.4, -0.2) is 0 Å². The highest BCUT2D eigenvalue weighted by molar-refractivity contribution is 5.48. The van der Waals surface area contributed by atoms with Crippen LogP contribution in [0.3, 0.4) is 0 Å². The van der Waals surface area contributed by atoms with Gasteiger partial charge in [-0.1, -0.05) is 62.4 Å². The summed E-state index contributed by atoms with van der Waals surface area (Å²) >= 11 is 0. The zero-order valence-corrected chi connectivity index (χ0v) is 9.27. The van der Waals surface area contributed by atoms with Gasteiger partial charge < -0.3 is 0 Å². The molecule has 0 saturated carbocycles. The molecule has 1 aromatic carbocycles. The van der Waals surface area contributed by atoms with Crippen LogP contribution >= 0.6 is 0 Å². The Kier molecular flexibility index (Phi) is 1.70. The normalized spacial score (nSPS) is 30.0. The number of hydrogen-bond acceptors (Lipinski definition) is 0. The maximum absolute atomic E-state index is 2.37. The number of allylic oxidation sites excluding steroid dienone is 4. The highest BCUT2D eigenvalue weighted by atomic mass is 14.5. The third-order valence-electron chi connectivity index (χ3n) is 3.98. The van der Waals surface area contributed by atoms with Crippen molar-refractivity contribution in [1.82, 2.24) is 0 Å². The number of fused-ring (bicyclic) bond motifs is 3. The fourth-order valence-corrected chi connectivity index (χ4v) is 3.15. The molecule has 1 aromatic rings. The predicted octanol–water partition coefficient (Wildman–Crippen LogP) is 3.80. The van der Waals surface area contributed by atoms with Crippen molar-refractivity contribution in [3.63, 3.8) is 0 Å². The first-order chi connectivity index (χ1) is 7.21. The second-order valence-electron chi connectivity index (χ2n) is 5.13. The van der Waals surface area contributed by atoms with E-state index in [1.807, 2.05) is 0 Å². The van der Waals surface area contributed by atoms with Crippen LogP contribution in [0.4, 0.5) is 0 Å². The van der Waals surface area contributed by atoms with Gasteiger partial charge in [-0.2, -0.15) is 0 Å². The fraction of sp³-hybridized carbons (Fsp3) is 0.333. The summed E-state index contributed by atoms with van der Waals surface area (Å²) in [6.45, 7) is 4.72. The summed E-state index contributed by atoms with van der Waals surface area (Å²) < 4.78 is 0. The summed E-state index contributed by atoms with van der Waals surface area (Å²) in [5.41, 5.74) is 3.33. The maximum atomic E-state index is 2.37. The van der Waals surface area contributed by atoms with Crippen LogP contribution in [0.25, 0.3) is 0 Å². The van der Waals surface area contributed by atoms with Gasteiger partial charge in [0.05, 0.1) is 0 Å². The van der Waals surface area contributed by atoms with Gasteiger partial charge in [0, 0.05) is 5.92 Å². The highest BCUT2D eigenvalue weighted by Crippen LogP contribution is 2.52. The molecule has 76 valence electrons. The Labute approximate surface area is 91.3 Å². The topological polar surface area (TPSA) is 0 Å². The van der Waals surface area contributed by atoms with Crippen LogP contribution in [0.2, 0.25) is 0 Å². The summed E-state index contributed by atoms with van der Waals surface area (Å²) in [6, 6.07) is 8.88. The average Bonchev–Trinajstić information content (AvgIpc) is 2.51. The molecular weight excluding hydrogens is 180 g/mol. The van der Waals surface area contributed by atoms with Crippen LogP contribution in [0.5, 0.6) is 0 Å².